The van der Waals surface area contributed by atoms with Gasteiger partial charge in [0.05, 0.1) is 24.3 Å². The predicted octanol–water partition coefficient (Wildman–Crippen LogP) is 2.02. The topological polar surface area (TPSA) is 35.9 Å². The summed E-state index contributed by atoms with van der Waals surface area (Å²) in [4.78, 5) is 4.50. The minimum atomic E-state index is -0.549. The maximum absolute atomic E-state index is 10.7. The first-order chi connectivity index (χ1) is 9.52. The van der Waals surface area contributed by atoms with E-state index >= 15 is 0 Å². The number of nitrogens with zero attached hydrogens (tertiary/aromatic N) is 2. The molecular formula is C15H23ClN2O2. The number of benzene rings is 1. The average Bonchev–Trinajstić information content (AvgIpc) is 2.60. The van der Waals surface area contributed by atoms with E-state index in [0.29, 0.717) is 10.8 Å². The van der Waals surface area contributed by atoms with Crippen molar-refractivity contribution in [3.63, 3.8) is 0 Å². The van der Waals surface area contributed by atoms with Gasteiger partial charge in [-0.05, 0) is 51.3 Å². The van der Waals surface area contributed by atoms with E-state index in [1.54, 1.807) is 13.2 Å². The van der Waals surface area contributed by atoms with Crippen molar-refractivity contribution in [1.29, 1.82) is 0 Å². The molecule has 1 fully saturated rings. The summed E-state index contributed by atoms with van der Waals surface area (Å²) in [6.45, 7) is 2.91. The number of aliphatic hydroxyl groups is 1. The summed E-state index contributed by atoms with van der Waals surface area (Å²) >= 11 is 6.04. The quantitative estimate of drug-likeness (QED) is 0.926. The first-order valence-electron chi connectivity index (χ1n) is 6.93. The molecule has 0 bridgehead atoms. The van der Waals surface area contributed by atoms with Crippen molar-refractivity contribution in [2.75, 3.05) is 40.8 Å². The van der Waals surface area contributed by atoms with Crippen LogP contribution in [0.4, 0.5) is 0 Å². The standard InChI is InChI=1S/C15H23ClN2O2/c1-17-7-4-8-18(2)13(10-17)15(19)11-5-6-12(16)14(9-11)20-3/h5-6,9,13,15,19H,4,7-8,10H2,1-3H3. The molecule has 0 saturated carbocycles. The number of aliphatic hydroxyl groups excluding tert-OH is 1. The lowest BCUT2D eigenvalue weighted by molar-refractivity contribution is 0.0571. The van der Waals surface area contributed by atoms with Crippen LogP contribution in [0, 0.1) is 0 Å². The van der Waals surface area contributed by atoms with Gasteiger partial charge >= 0.3 is 0 Å². The second kappa shape index (κ2) is 6.76. The highest BCUT2D eigenvalue weighted by Crippen LogP contribution is 2.30. The van der Waals surface area contributed by atoms with Gasteiger partial charge in [0.1, 0.15) is 5.75 Å². The summed E-state index contributed by atoms with van der Waals surface area (Å²) in [7, 11) is 5.75. The van der Waals surface area contributed by atoms with Crippen molar-refractivity contribution >= 4 is 11.6 Å². The van der Waals surface area contributed by atoms with E-state index in [0.717, 1.165) is 31.6 Å². The highest BCUT2D eigenvalue weighted by atomic mass is 35.5. The minimum Gasteiger partial charge on any atom is -0.495 e. The molecule has 20 heavy (non-hydrogen) atoms. The maximum Gasteiger partial charge on any atom is 0.137 e. The first-order valence-corrected chi connectivity index (χ1v) is 7.31. The van der Waals surface area contributed by atoms with E-state index in [9.17, 15) is 5.11 Å². The molecule has 0 amide bonds. The molecule has 0 radical (unpaired) electrons. The van der Waals surface area contributed by atoms with E-state index < -0.39 is 6.10 Å². The fraction of sp³-hybridized carbons (Fsp3) is 0.600. The van der Waals surface area contributed by atoms with Crippen LogP contribution < -0.4 is 4.74 Å². The van der Waals surface area contributed by atoms with Crippen molar-refractivity contribution in [1.82, 2.24) is 9.80 Å². The van der Waals surface area contributed by atoms with Gasteiger partial charge in [-0.15, -0.1) is 0 Å². The van der Waals surface area contributed by atoms with Crippen molar-refractivity contribution in [2.24, 2.45) is 0 Å². The summed E-state index contributed by atoms with van der Waals surface area (Å²) in [6, 6.07) is 5.55. The van der Waals surface area contributed by atoms with Crippen LogP contribution in [-0.2, 0) is 0 Å². The highest BCUT2D eigenvalue weighted by molar-refractivity contribution is 6.32. The van der Waals surface area contributed by atoms with Crippen LogP contribution >= 0.6 is 11.6 Å². The zero-order valence-electron chi connectivity index (χ0n) is 12.3. The van der Waals surface area contributed by atoms with E-state index in [-0.39, 0.29) is 6.04 Å². The van der Waals surface area contributed by atoms with E-state index in [1.807, 2.05) is 12.1 Å². The van der Waals surface area contributed by atoms with Crippen LogP contribution in [0.5, 0.6) is 5.75 Å². The van der Waals surface area contributed by atoms with E-state index in [2.05, 4.69) is 23.9 Å². The Hall–Kier alpha value is -0.810. The second-order valence-corrected chi connectivity index (χ2v) is 5.91. The minimum absolute atomic E-state index is 0.0772. The lowest BCUT2D eigenvalue weighted by atomic mass is 10.0. The monoisotopic (exact) mass is 298 g/mol. The maximum atomic E-state index is 10.7. The number of halogens is 1. The van der Waals surface area contributed by atoms with Gasteiger partial charge in [0, 0.05) is 6.54 Å². The molecule has 1 heterocycles. The molecule has 1 aromatic carbocycles. The van der Waals surface area contributed by atoms with Crippen molar-refractivity contribution in [3.8, 4) is 5.75 Å². The Morgan fingerprint density at radius 2 is 2.10 bits per heavy atom. The van der Waals surface area contributed by atoms with Crippen LogP contribution in [-0.4, -0.2) is 61.8 Å². The normalized spacial score (nSPS) is 23.4. The molecular weight excluding hydrogens is 276 g/mol. The van der Waals surface area contributed by atoms with Gasteiger partial charge in [-0.3, -0.25) is 4.90 Å². The molecule has 2 atom stereocenters. The zero-order chi connectivity index (χ0) is 14.7. The third kappa shape index (κ3) is 3.44. The Morgan fingerprint density at radius 1 is 1.35 bits per heavy atom. The molecule has 112 valence electrons. The second-order valence-electron chi connectivity index (χ2n) is 5.50. The molecule has 4 nitrogen and oxygen atoms in total. The van der Waals surface area contributed by atoms with Crippen LogP contribution in [0.3, 0.4) is 0 Å². The lowest BCUT2D eigenvalue weighted by Crippen LogP contribution is -2.42. The van der Waals surface area contributed by atoms with Crippen molar-refractivity contribution < 1.29 is 9.84 Å². The molecule has 2 unspecified atom stereocenters. The fourth-order valence-corrected chi connectivity index (χ4v) is 2.92. The van der Waals surface area contributed by atoms with Crippen LogP contribution in [0.1, 0.15) is 18.1 Å². The van der Waals surface area contributed by atoms with Gasteiger partial charge in [0.25, 0.3) is 0 Å². The number of methoxy groups -OCH3 is 1. The van der Waals surface area contributed by atoms with Crippen LogP contribution in [0.25, 0.3) is 0 Å². The number of hydrogen-bond donors (Lipinski definition) is 1. The third-order valence-electron chi connectivity index (χ3n) is 4.00. The highest BCUT2D eigenvalue weighted by Gasteiger charge is 2.28. The van der Waals surface area contributed by atoms with Crippen molar-refractivity contribution in [2.45, 2.75) is 18.6 Å². The molecule has 5 heteroatoms. The zero-order valence-corrected chi connectivity index (χ0v) is 13.1. The third-order valence-corrected chi connectivity index (χ3v) is 4.31. The fourth-order valence-electron chi connectivity index (χ4n) is 2.73. The largest absolute Gasteiger partial charge is 0.495 e. The Kier molecular flexibility index (Phi) is 5.27. The van der Waals surface area contributed by atoms with Gasteiger partial charge < -0.3 is 14.7 Å². The SMILES string of the molecule is COc1cc(C(O)C2CN(C)CCCN2C)ccc1Cl. The van der Waals surface area contributed by atoms with Gasteiger partial charge in [-0.2, -0.15) is 0 Å². The number of ether oxygens (including phenoxy) is 1. The molecule has 0 spiro atoms. The van der Waals surface area contributed by atoms with Gasteiger partial charge in [0.2, 0.25) is 0 Å². The summed E-state index contributed by atoms with van der Waals surface area (Å²) in [6.07, 6.45) is 0.576. The Bertz CT molecular complexity index is 455. The van der Waals surface area contributed by atoms with Crippen molar-refractivity contribution in [3.05, 3.63) is 28.8 Å². The van der Waals surface area contributed by atoms with Gasteiger partial charge in [-0.25, -0.2) is 0 Å². The molecule has 1 aliphatic heterocycles. The lowest BCUT2D eigenvalue weighted by Gasteiger charge is -2.32. The molecule has 0 aliphatic carbocycles. The summed E-state index contributed by atoms with van der Waals surface area (Å²) in [5, 5.41) is 11.3. The van der Waals surface area contributed by atoms with Gasteiger partial charge in [0.15, 0.2) is 0 Å². The van der Waals surface area contributed by atoms with Crippen LogP contribution in [0.15, 0.2) is 18.2 Å². The molecule has 1 aromatic rings. The Morgan fingerprint density at radius 3 is 2.80 bits per heavy atom. The number of rotatable bonds is 3. The molecule has 1 aliphatic rings. The predicted molar refractivity (Wildman–Crippen MR) is 81.5 cm³/mol. The molecule has 1 N–H and O–H groups in total. The van der Waals surface area contributed by atoms with E-state index in [1.165, 1.54) is 0 Å². The summed E-state index contributed by atoms with van der Waals surface area (Å²) < 4.78 is 5.23. The van der Waals surface area contributed by atoms with Gasteiger partial charge in [-0.1, -0.05) is 17.7 Å². The Labute approximate surface area is 125 Å². The summed E-state index contributed by atoms with van der Waals surface area (Å²) in [5.74, 6) is 0.604. The first kappa shape index (κ1) is 15.6. The van der Waals surface area contributed by atoms with E-state index in [4.69, 9.17) is 16.3 Å². The number of hydrogen-bond acceptors (Lipinski definition) is 4. The number of likely N-dealkylation sites (N-methyl/N-ethyl adjacent to an activating group) is 2. The molecule has 1 saturated heterocycles. The Balaban J connectivity index is 2.22. The molecule has 2 rings (SSSR count). The summed E-state index contributed by atoms with van der Waals surface area (Å²) in [5.41, 5.74) is 0.846. The molecule has 0 aromatic heterocycles. The van der Waals surface area contributed by atoms with Crippen LogP contribution in [0.2, 0.25) is 5.02 Å². The average molecular weight is 299 g/mol. The smallest absolute Gasteiger partial charge is 0.137 e.